The Morgan fingerprint density at radius 2 is 1.86 bits per heavy atom. The van der Waals surface area contributed by atoms with E-state index in [0.717, 1.165) is 11.1 Å². The fourth-order valence-corrected chi connectivity index (χ4v) is 2.98. The van der Waals surface area contributed by atoms with E-state index in [4.69, 9.17) is 4.52 Å². The molecule has 0 aliphatic carbocycles. The van der Waals surface area contributed by atoms with Crippen LogP contribution in [0, 0.1) is 6.92 Å². The van der Waals surface area contributed by atoms with Gasteiger partial charge in [0.15, 0.2) is 0 Å². The zero-order valence-corrected chi connectivity index (χ0v) is 16.3. The maximum atomic E-state index is 12.7. The molecule has 7 heteroatoms. The number of imidazole rings is 1. The molecular weight excluding hydrogens is 366 g/mol. The SMILES string of the molecule is Cc1ccc(-c2noc(CN(C)C(=O)c3ccc(Cn4ccnc4)cc3)n2)cc1. The maximum Gasteiger partial charge on any atom is 0.254 e. The third kappa shape index (κ3) is 4.40. The Hall–Kier alpha value is -3.74. The topological polar surface area (TPSA) is 77.0 Å². The van der Waals surface area contributed by atoms with Crippen LogP contribution in [-0.2, 0) is 13.1 Å². The lowest BCUT2D eigenvalue weighted by Gasteiger charge is -2.15. The summed E-state index contributed by atoms with van der Waals surface area (Å²) in [7, 11) is 1.72. The van der Waals surface area contributed by atoms with E-state index < -0.39 is 0 Å². The fraction of sp³-hybridized carbons (Fsp3) is 0.182. The van der Waals surface area contributed by atoms with Crippen LogP contribution in [0.25, 0.3) is 11.4 Å². The Bertz CT molecular complexity index is 1080. The summed E-state index contributed by atoms with van der Waals surface area (Å²) >= 11 is 0. The average Bonchev–Trinajstić information content (AvgIpc) is 3.41. The molecule has 0 aliphatic rings. The lowest BCUT2D eigenvalue weighted by molar-refractivity contribution is 0.0769. The summed E-state index contributed by atoms with van der Waals surface area (Å²) in [4.78, 5) is 22.7. The summed E-state index contributed by atoms with van der Waals surface area (Å²) in [6.45, 7) is 2.98. The third-order valence-corrected chi connectivity index (χ3v) is 4.62. The van der Waals surface area contributed by atoms with Gasteiger partial charge in [-0.05, 0) is 24.6 Å². The van der Waals surface area contributed by atoms with E-state index >= 15 is 0 Å². The van der Waals surface area contributed by atoms with E-state index in [9.17, 15) is 4.79 Å². The van der Waals surface area contributed by atoms with Gasteiger partial charge >= 0.3 is 0 Å². The molecule has 2 aromatic carbocycles. The predicted molar refractivity (Wildman–Crippen MR) is 108 cm³/mol. The van der Waals surface area contributed by atoms with Crippen molar-refractivity contribution in [3.8, 4) is 11.4 Å². The highest BCUT2D eigenvalue weighted by Gasteiger charge is 2.16. The standard InChI is InChI=1S/C22H21N5O2/c1-16-3-7-18(8-4-16)21-24-20(29-25-21)14-26(2)22(28)19-9-5-17(6-10-19)13-27-12-11-23-15-27/h3-12,15H,13-14H2,1-2H3. The molecule has 4 aromatic rings. The number of carbonyl (C=O) groups is 1. The Morgan fingerprint density at radius 3 is 2.55 bits per heavy atom. The van der Waals surface area contributed by atoms with Gasteiger partial charge in [0, 0.05) is 37.1 Å². The highest BCUT2D eigenvalue weighted by atomic mass is 16.5. The Kier molecular flexibility index (Phi) is 5.20. The minimum atomic E-state index is -0.103. The van der Waals surface area contributed by atoms with Gasteiger partial charge < -0.3 is 14.0 Å². The first-order valence-corrected chi connectivity index (χ1v) is 9.28. The lowest BCUT2D eigenvalue weighted by atomic mass is 10.1. The molecule has 0 unspecified atom stereocenters. The summed E-state index contributed by atoms with van der Waals surface area (Å²) in [5.74, 6) is 0.812. The largest absolute Gasteiger partial charge is 0.337 e. The van der Waals surface area contributed by atoms with E-state index in [0.29, 0.717) is 23.8 Å². The molecule has 0 saturated carbocycles. The van der Waals surface area contributed by atoms with Crippen molar-refractivity contribution in [2.24, 2.45) is 0 Å². The van der Waals surface area contributed by atoms with Gasteiger partial charge in [0.25, 0.3) is 5.91 Å². The summed E-state index contributed by atoms with van der Waals surface area (Å²) in [6, 6.07) is 15.4. The molecule has 0 N–H and O–H groups in total. The van der Waals surface area contributed by atoms with Crippen LogP contribution in [0.1, 0.15) is 27.4 Å². The Balaban J connectivity index is 1.40. The third-order valence-electron chi connectivity index (χ3n) is 4.62. The molecule has 2 aromatic heterocycles. The van der Waals surface area contributed by atoms with E-state index in [1.54, 1.807) is 24.5 Å². The predicted octanol–water partition coefficient (Wildman–Crippen LogP) is 3.56. The summed E-state index contributed by atoms with van der Waals surface area (Å²) in [5.41, 5.74) is 3.76. The second-order valence-electron chi connectivity index (χ2n) is 6.97. The molecule has 7 nitrogen and oxygen atoms in total. The first kappa shape index (κ1) is 18.6. The molecule has 1 amide bonds. The molecule has 0 spiro atoms. The molecule has 0 fully saturated rings. The van der Waals surface area contributed by atoms with Crippen molar-refractivity contribution in [3.05, 3.63) is 89.8 Å². The van der Waals surface area contributed by atoms with Crippen LogP contribution < -0.4 is 0 Å². The molecule has 0 radical (unpaired) electrons. The Morgan fingerprint density at radius 1 is 1.10 bits per heavy atom. The minimum absolute atomic E-state index is 0.103. The number of amides is 1. The second-order valence-corrected chi connectivity index (χ2v) is 6.97. The van der Waals surface area contributed by atoms with Crippen LogP contribution >= 0.6 is 0 Å². The molecule has 0 bridgehead atoms. The van der Waals surface area contributed by atoms with Crippen LogP contribution in [0.2, 0.25) is 0 Å². The molecule has 29 heavy (non-hydrogen) atoms. The molecule has 146 valence electrons. The molecule has 0 saturated heterocycles. The van der Waals surface area contributed by atoms with Crippen molar-refractivity contribution in [1.82, 2.24) is 24.6 Å². The zero-order chi connectivity index (χ0) is 20.2. The van der Waals surface area contributed by atoms with Gasteiger partial charge in [-0.2, -0.15) is 4.98 Å². The first-order valence-electron chi connectivity index (χ1n) is 9.28. The van der Waals surface area contributed by atoms with Crippen molar-refractivity contribution in [3.63, 3.8) is 0 Å². The summed E-state index contributed by atoms with van der Waals surface area (Å²) in [6.07, 6.45) is 5.42. The average molecular weight is 387 g/mol. The van der Waals surface area contributed by atoms with E-state index in [1.165, 1.54) is 5.56 Å². The van der Waals surface area contributed by atoms with Gasteiger partial charge in [-0.15, -0.1) is 0 Å². The van der Waals surface area contributed by atoms with Crippen LogP contribution in [0.5, 0.6) is 0 Å². The van der Waals surface area contributed by atoms with Crippen LogP contribution in [0.4, 0.5) is 0 Å². The van der Waals surface area contributed by atoms with Crippen molar-refractivity contribution in [1.29, 1.82) is 0 Å². The summed E-state index contributed by atoms with van der Waals surface area (Å²) < 4.78 is 7.30. The number of nitrogens with zero attached hydrogens (tertiary/aromatic N) is 5. The zero-order valence-electron chi connectivity index (χ0n) is 16.3. The van der Waals surface area contributed by atoms with Crippen LogP contribution in [-0.4, -0.2) is 37.5 Å². The van der Waals surface area contributed by atoms with E-state index in [1.807, 2.05) is 66.2 Å². The van der Waals surface area contributed by atoms with Crippen molar-refractivity contribution in [2.45, 2.75) is 20.0 Å². The lowest BCUT2D eigenvalue weighted by Crippen LogP contribution is -2.26. The van der Waals surface area contributed by atoms with Crippen molar-refractivity contribution >= 4 is 5.91 Å². The highest BCUT2D eigenvalue weighted by Crippen LogP contribution is 2.17. The molecule has 0 atom stereocenters. The quantitative estimate of drug-likeness (QED) is 0.506. The van der Waals surface area contributed by atoms with Crippen molar-refractivity contribution in [2.75, 3.05) is 7.05 Å². The van der Waals surface area contributed by atoms with Gasteiger partial charge in [0.2, 0.25) is 11.7 Å². The second kappa shape index (κ2) is 8.10. The molecule has 0 aliphatic heterocycles. The maximum absolute atomic E-state index is 12.7. The summed E-state index contributed by atoms with van der Waals surface area (Å²) in [5, 5.41) is 4.02. The van der Waals surface area contributed by atoms with Gasteiger partial charge in [0.1, 0.15) is 0 Å². The van der Waals surface area contributed by atoms with Crippen LogP contribution in [0.3, 0.4) is 0 Å². The first-order chi connectivity index (χ1) is 14.1. The monoisotopic (exact) mass is 387 g/mol. The van der Waals surface area contributed by atoms with Gasteiger partial charge in [-0.3, -0.25) is 4.79 Å². The van der Waals surface area contributed by atoms with E-state index in [-0.39, 0.29) is 12.5 Å². The number of carbonyl (C=O) groups excluding carboxylic acids is 1. The number of aryl methyl sites for hydroxylation is 1. The highest BCUT2D eigenvalue weighted by molar-refractivity contribution is 5.94. The van der Waals surface area contributed by atoms with Gasteiger partial charge in [-0.25, -0.2) is 4.98 Å². The number of hydrogen-bond donors (Lipinski definition) is 0. The number of benzene rings is 2. The fourth-order valence-electron chi connectivity index (χ4n) is 2.98. The van der Waals surface area contributed by atoms with Gasteiger partial charge in [0.05, 0.1) is 12.9 Å². The number of hydrogen-bond acceptors (Lipinski definition) is 5. The van der Waals surface area contributed by atoms with Gasteiger partial charge in [-0.1, -0.05) is 47.1 Å². The number of aromatic nitrogens is 4. The molecule has 4 rings (SSSR count). The number of rotatable bonds is 6. The minimum Gasteiger partial charge on any atom is -0.337 e. The van der Waals surface area contributed by atoms with Crippen molar-refractivity contribution < 1.29 is 9.32 Å². The van der Waals surface area contributed by atoms with Crippen LogP contribution in [0.15, 0.2) is 71.8 Å². The Labute approximate surface area is 168 Å². The molecule has 2 heterocycles. The van der Waals surface area contributed by atoms with E-state index in [2.05, 4.69) is 15.1 Å². The smallest absolute Gasteiger partial charge is 0.254 e. The normalized spacial score (nSPS) is 10.8. The molecular formula is C22H21N5O2.